The van der Waals surface area contributed by atoms with Crippen molar-refractivity contribution in [1.82, 2.24) is 4.90 Å². The maximum absolute atomic E-state index is 13.1. The van der Waals surface area contributed by atoms with Gasteiger partial charge in [0.15, 0.2) is 5.17 Å². The molecule has 2 heterocycles. The summed E-state index contributed by atoms with van der Waals surface area (Å²) >= 11 is 3.06. The van der Waals surface area contributed by atoms with Gasteiger partial charge in [-0.3, -0.25) is 9.69 Å². The van der Waals surface area contributed by atoms with E-state index in [1.54, 1.807) is 23.8 Å². The zero-order valence-corrected chi connectivity index (χ0v) is 17.9. The van der Waals surface area contributed by atoms with Crippen LogP contribution in [0.1, 0.15) is 12.5 Å². The first-order chi connectivity index (χ1) is 13.5. The molecule has 0 saturated carbocycles. The number of amidine groups is 1. The van der Waals surface area contributed by atoms with Gasteiger partial charge >= 0.3 is 0 Å². The molecule has 1 saturated heterocycles. The van der Waals surface area contributed by atoms with Crippen molar-refractivity contribution >= 4 is 46.0 Å². The number of ether oxygens (including phenoxy) is 1. The predicted octanol–water partition coefficient (Wildman–Crippen LogP) is 5.00. The van der Waals surface area contributed by atoms with Gasteiger partial charge in [-0.25, -0.2) is 4.99 Å². The van der Waals surface area contributed by atoms with Gasteiger partial charge in [0.05, 0.1) is 23.5 Å². The number of likely N-dealkylation sites (N-methyl/N-ethyl adjacent to an activating group) is 1. The van der Waals surface area contributed by atoms with E-state index in [0.717, 1.165) is 37.1 Å². The molecule has 0 N–H and O–H groups in total. The summed E-state index contributed by atoms with van der Waals surface area (Å²) in [6.45, 7) is 4.61. The number of aryl methyl sites for hydroxylation is 1. The Kier molecular flexibility index (Phi) is 5.12. The minimum Gasteiger partial charge on any atom is -0.497 e. The molecule has 0 spiro atoms. The zero-order valence-electron chi connectivity index (χ0n) is 16.2. The standard InChI is InChI=1S/C21H21N3O2S2/c1-5-24-19(25)18(28-21(24)22-14-8-6-13(2)7-9-14)20-23(3)16-12-15(26-4)10-11-17(16)27-20/h6-12H,5H2,1-4H3. The molecule has 0 bridgehead atoms. The molecule has 1 fully saturated rings. The molecule has 2 aliphatic heterocycles. The van der Waals surface area contributed by atoms with Crippen LogP contribution < -0.4 is 9.64 Å². The molecule has 1 amide bonds. The number of fused-ring (bicyclic) bond motifs is 1. The van der Waals surface area contributed by atoms with Crippen LogP contribution in [0.2, 0.25) is 0 Å². The normalized spacial score (nSPS) is 20.3. The number of thioether (sulfide) groups is 2. The molecule has 2 aromatic carbocycles. The zero-order chi connectivity index (χ0) is 19.8. The summed E-state index contributed by atoms with van der Waals surface area (Å²) in [6.07, 6.45) is 0. The molecule has 0 aliphatic carbocycles. The second-order valence-corrected chi connectivity index (χ2v) is 8.52. The maximum Gasteiger partial charge on any atom is 0.269 e. The van der Waals surface area contributed by atoms with E-state index in [-0.39, 0.29) is 5.91 Å². The van der Waals surface area contributed by atoms with E-state index in [1.165, 1.54) is 17.3 Å². The Bertz CT molecular complexity index is 999. The van der Waals surface area contributed by atoms with Crippen LogP contribution in [0.15, 0.2) is 62.3 Å². The van der Waals surface area contributed by atoms with E-state index in [4.69, 9.17) is 9.73 Å². The monoisotopic (exact) mass is 411 g/mol. The molecule has 2 aliphatic rings. The number of nitrogens with zero attached hydrogens (tertiary/aromatic N) is 3. The number of hydrogen-bond donors (Lipinski definition) is 0. The van der Waals surface area contributed by atoms with Gasteiger partial charge in [0.1, 0.15) is 10.7 Å². The third kappa shape index (κ3) is 3.29. The van der Waals surface area contributed by atoms with Crippen molar-refractivity contribution in [3.05, 3.63) is 58.0 Å². The van der Waals surface area contributed by atoms with Gasteiger partial charge in [0.2, 0.25) is 0 Å². The maximum atomic E-state index is 13.1. The Labute approximate surface area is 173 Å². The number of carbonyl (C=O) groups is 1. The molecule has 0 aromatic heterocycles. The second-order valence-electron chi connectivity index (χ2n) is 6.51. The van der Waals surface area contributed by atoms with E-state index in [2.05, 4.69) is 4.90 Å². The Balaban J connectivity index is 1.71. The Hall–Kier alpha value is -2.38. The molecule has 144 valence electrons. The molecule has 2 aromatic rings. The molecule has 0 unspecified atom stereocenters. The highest BCUT2D eigenvalue weighted by atomic mass is 32.2. The number of rotatable bonds is 3. The van der Waals surface area contributed by atoms with Crippen LogP contribution in [-0.4, -0.2) is 36.7 Å². The van der Waals surface area contributed by atoms with Gasteiger partial charge in [-0.1, -0.05) is 29.5 Å². The fourth-order valence-electron chi connectivity index (χ4n) is 3.08. The lowest BCUT2D eigenvalue weighted by atomic mass is 10.2. The van der Waals surface area contributed by atoms with Crippen LogP contribution in [-0.2, 0) is 4.79 Å². The summed E-state index contributed by atoms with van der Waals surface area (Å²) in [4.78, 5) is 23.5. The SMILES string of the molecule is CCN1C(=O)C(=C2Sc3ccc(OC)cc3N2C)SC1=Nc1ccc(C)cc1. The first-order valence-corrected chi connectivity index (χ1v) is 10.6. The molecular formula is C21H21N3O2S2. The van der Waals surface area contributed by atoms with Crippen molar-refractivity contribution in [3.8, 4) is 5.75 Å². The Morgan fingerprint density at radius 2 is 1.86 bits per heavy atom. The van der Waals surface area contributed by atoms with Gasteiger partial charge < -0.3 is 9.64 Å². The summed E-state index contributed by atoms with van der Waals surface area (Å²) in [5.41, 5.74) is 3.09. The fourth-order valence-corrected chi connectivity index (χ4v) is 5.47. The first-order valence-electron chi connectivity index (χ1n) is 9.00. The van der Waals surface area contributed by atoms with Crippen molar-refractivity contribution in [1.29, 1.82) is 0 Å². The molecule has 7 heteroatoms. The van der Waals surface area contributed by atoms with Gasteiger partial charge in [0, 0.05) is 24.6 Å². The van der Waals surface area contributed by atoms with E-state index in [0.29, 0.717) is 6.54 Å². The van der Waals surface area contributed by atoms with Crippen LogP contribution in [0.5, 0.6) is 5.75 Å². The van der Waals surface area contributed by atoms with Crippen molar-refractivity contribution in [2.45, 2.75) is 18.7 Å². The van der Waals surface area contributed by atoms with Crippen LogP contribution in [0.4, 0.5) is 11.4 Å². The minimum atomic E-state index is 0.00693. The number of anilines is 1. The largest absolute Gasteiger partial charge is 0.497 e. The lowest BCUT2D eigenvalue weighted by molar-refractivity contribution is -0.122. The quantitative estimate of drug-likeness (QED) is 0.665. The average molecular weight is 412 g/mol. The first kappa shape index (κ1) is 19.0. The van der Waals surface area contributed by atoms with E-state index >= 15 is 0 Å². The van der Waals surface area contributed by atoms with Crippen LogP contribution in [0.3, 0.4) is 0 Å². The topological polar surface area (TPSA) is 45.1 Å². The van der Waals surface area contributed by atoms with Crippen LogP contribution >= 0.6 is 23.5 Å². The Morgan fingerprint density at radius 1 is 1.11 bits per heavy atom. The highest BCUT2D eigenvalue weighted by Crippen LogP contribution is 2.50. The number of benzene rings is 2. The van der Waals surface area contributed by atoms with Gasteiger partial charge in [0.25, 0.3) is 5.91 Å². The number of methoxy groups -OCH3 is 1. The summed E-state index contributed by atoms with van der Waals surface area (Å²) < 4.78 is 5.34. The summed E-state index contributed by atoms with van der Waals surface area (Å²) in [6, 6.07) is 14.0. The van der Waals surface area contributed by atoms with Gasteiger partial charge in [-0.15, -0.1) is 0 Å². The smallest absolute Gasteiger partial charge is 0.269 e. The molecule has 5 nitrogen and oxygen atoms in total. The highest BCUT2D eigenvalue weighted by Gasteiger charge is 2.38. The van der Waals surface area contributed by atoms with Crippen molar-refractivity contribution < 1.29 is 9.53 Å². The van der Waals surface area contributed by atoms with Crippen molar-refractivity contribution in [3.63, 3.8) is 0 Å². The summed E-state index contributed by atoms with van der Waals surface area (Å²) in [7, 11) is 3.65. The summed E-state index contributed by atoms with van der Waals surface area (Å²) in [5, 5.41) is 1.66. The number of amides is 1. The molecular weight excluding hydrogens is 390 g/mol. The third-order valence-corrected chi connectivity index (χ3v) is 7.10. The predicted molar refractivity (Wildman–Crippen MR) is 118 cm³/mol. The lowest BCUT2D eigenvalue weighted by Gasteiger charge is -2.15. The van der Waals surface area contributed by atoms with Gasteiger partial charge in [-0.05, 0) is 49.9 Å². The number of carbonyl (C=O) groups excluding carboxylic acids is 1. The lowest BCUT2D eigenvalue weighted by Crippen LogP contribution is -2.29. The fraction of sp³-hybridized carbons (Fsp3) is 0.238. The number of aliphatic imine (C=N–C) groups is 1. The van der Waals surface area contributed by atoms with Crippen LogP contribution in [0, 0.1) is 6.92 Å². The van der Waals surface area contributed by atoms with Crippen LogP contribution in [0.25, 0.3) is 0 Å². The molecule has 28 heavy (non-hydrogen) atoms. The van der Waals surface area contributed by atoms with Crippen molar-refractivity contribution in [2.24, 2.45) is 4.99 Å². The molecule has 0 atom stereocenters. The van der Waals surface area contributed by atoms with Gasteiger partial charge in [-0.2, -0.15) is 0 Å². The van der Waals surface area contributed by atoms with E-state index < -0.39 is 0 Å². The molecule has 0 radical (unpaired) electrons. The minimum absolute atomic E-state index is 0.00693. The third-order valence-electron chi connectivity index (χ3n) is 4.67. The molecule has 4 rings (SSSR count). The van der Waals surface area contributed by atoms with E-state index in [9.17, 15) is 4.79 Å². The number of hydrogen-bond acceptors (Lipinski definition) is 6. The highest BCUT2D eigenvalue weighted by molar-refractivity contribution is 8.19. The summed E-state index contributed by atoms with van der Waals surface area (Å²) in [5.74, 6) is 0.812. The second kappa shape index (κ2) is 7.56. The average Bonchev–Trinajstić information content (AvgIpc) is 3.19. The van der Waals surface area contributed by atoms with E-state index in [1.807, 2.05) is 63.4 Å². The Morgan fingerprint density at radius 3 is 2.54 bits per heavy atom. The van der Waals surface area contributed by atoms with Crippen molar-refractivity contribution in [2.75, 3.05) is 25.6 Å².